The number of aromatic nitrogens is 2. The van der Waals surface area contributed by atoms with Gasteiger partial charge in [-0.2, -0.15) is 10.2 Å². The predicted molar refractivity (Wildman–Crippen MR) is 112 cm³/mol. The van der Waals surface area contributed by atoms with E-state index in [1.165, 1.54) is 12.1 Å². The summed E-state index contributed by atoms with van der Waals surface area (Å²) in [5.74, 6) is 0.544. The molecule has 3 aromatic carbocycles. The van der Waals surface area contributed by atoms with Gasteiger partial charge in [-0.05, 0) is 36.4 Å². The molecule has 0 fully saturated rings. The van der Waals surface area contributed by atoms with Crippen molar-refractivity contribution in [3.05, 3.63) is 96.3 Å². The lowest BCUT2D eigenvalue weighted by molar-refractivity contribution is 0.628. The summed E-state index contributed by atoms with van der Waals surface area (Å²) in [6, 6.07) is 26.8. The summed E-state index contributed by atoms with van der Waals surface area (Å²) in [6.45, 7) is 0. The smallest absolute Gasteiger partial charge is 0.229 e. The van der Waals surface area contributed by atoms with E-state index in [9.17, 15) is 4.39 Å². The molecule has 0 bridgehead atoms. The maximum atomic E-state index is 13.5. The van der Waals surface area contributed by atoms with E-state index in [1.807, 2.05) is 36.4 Å². The van der Waals surface area contributed by atoms with Crippen molar-refractivity contribution in [1.29, 1.82) is 5.26 Å². The molecule has 0 spiro atoms. The number of nitrogens with zero attached hydrogens (tertiary/aromatic N) is 3. The van der Waals surface area contributed by atoms with E-state index >= 15 is 0 Å². The Kier molecular flexibility index (Phi) is 5.12. The van der Waals surface area contributed by atoms with Crippen LogP contribution >= 0.6 is 0 Å². The third kappa shape index (κ3) is 4.54. The van der Waals surface area contributed by atoms with Gasteiger partial charge in [0.15, 0.2) is 0 Å². The maximum absolute atomic E-state index is 13.5. The van der Waals surface area contributed by atoms with Crippen LogP contribution in [0.5, 0.6) is 0 Å². The number of benzene rings is 3. The SMILES string of the molecule is N#Cc1cccc(Nc2nc(Nc3cccc(F)c3)cc(-c3ccccc3)n2)c1. The van der Waals surface area contributed by atoms with Crippen molar-refractivity contribution in [2.24, 2.45) is 0 Å². The summed E-state index contributed by atoms with van der Waals surface area (Å²) in [7, 11) is 0. The molecule has 0 aliphatic rings. The van der Waals surface area contributed by atoms with Crippen LogP contribution in [-0.4, -0.2) is 9.97 Å². The predicted octanol–water partition coefficient (Wildman–Crippen LogP) is 5.64. The molecule has 0 aliphatic carbocycles. The van der Waals surface area contributed by atoms with Crippen LogP contribution in [0.15, 0.2) is 84.9 Å². The molecule has 0 atom stereocenters. The van der Waals surface area contributed by atoms with Gasteiger partial charge in [-0.3, -0.25) is 0 Å². The Morgan fingerprint density at radius 2 is 1.52 bits per heavy atom. The van der Waals surface area contributed by atoms with Crippen LogP contribution in [0.1, 0.15) is 5.56 Å². The molecule has 4 aromatic rings. The summed E-state index contributed by atoms with van der Waals surface area (Å²) in [5, 5.41) is 15.4. The molecular weight excluding hydrogens is 365 g/mol. The van der Waals surface area contributed by atoms with Crippen LogP contribution in [0, 0.1) is 17.1 Å². The van der Waals surface area contributed by atoms with Crippen molar-refractivity contribution in [2.45, 2.75) is 0 Å². The van der Waals surface area contributed by atoms with Gasteiger partial charge in [-0.15, -0.1) is 0 Å². The monoisotopic (exact) mass is 381 g/mol. The number of nitrogens with one attached hydrogen (secondary N) is 2. The third-order valence-electron chi connectivity index (χ3n) is 4.14. The highest BCUT2D eigenvalue weighted by Gasteiger charge is 2.08. The van der Waals surface area contributed by atoms with Gasteiger partial charge in [0, 0.05) is 23.0 Å². The molecule has 6 heteroatoms. The Bertz CT molecular complexity index is 1190. The van der Waals surface area contributed by atoms with E-state index in [0.717, 1.165) is 5.56 Å². The Morgan fingerprint density at radius 3 is 2.28 bits per heavy atom. The number of hydrogen-bond acceptors (Lipinski definition) is 5. The molecule has 140 valence electrons. The number of halogens is 1. The Labute approximate surface area is 167 Å². The van der Waals surface area contributed by atoms with Gasteiger partial charge in [-0.25, -0.2) is 9.37 Å². The highest BCUT2D eigenvalue weighted by Crippen LogP contribution is 2.25. The van der Waals surface area contributed by atoms with Crippen molar-refractivity contribution < 1.29 is 4.39 Å². The van der Waals surface area contributed by atoms with Gasteiger partial charge in [0.05, 0.1) is 17.3 Å². The molecule has 1 aromatic heterocycles. The van der Waals surface area contributed by atoms with E-state index in [-0.39, 0.29) is 5.82 Å². The standard InChI is InChI=1S/C23H16FN5/c24-18-9-5-11-20(13-18)26-22-14-21(17-7-2-1-3-8-17)28-23(29-22)27-19-10-4-6-16(12-19)15-25/h1-14H,(H2,26,27,28,29). The molecule has 0 saturated carbocycles. The van der Waals surface area contributed by atoms with Crippen LogP contribution in [0.4, 0.5) is 27.5 Å². The largest absolute Gasteiger partial charge is 0.340 e. The lowest BCUT2D eigenvalue weighted by Gasteiger charge is -2.12. The Morgan fingerprint density at radius 1 is 0.759 bits per heavy atom. The average molecular weight is 381 g/mol. The first-order valence-electron chi connectivity index (χ1n) is 8.94. The number of rotatable bonds is 5. The van der Waals surface area contributed by atoms with E-state index < -0.39 is 0 Å². The van der Waals surface area contributed by atoms with Gasteiger partial charge in [0.25, 0.3) is 0 Å². The molecule has 0 radical (unpaired) electrons. The van der Waals surface area contributed by atoms with Gasteiger partial charge in [-0.1, -0.05) is 42.5 Å². The first-order chi connectivity index (χ1) is 14.2. The lowest BCUT2D eigenvalue weighted by Crippen LogP contribution is -2.02. The van der Waals surface area contributed by atoms with Crippen molar-refractivity contribution in [3.8, 4) is 17.3 Å². The van der Waals surface area contributed by atoms with Crippen LogP contribution in [0.3, 0.4) is 0 Å². The highest BCUT2D eigenvalue weighted by atomic mass is 19.1. The molecule has 29 heavy (non-hydrogen) atoms. The minimum absolute atomic E-state index is 0.334. The topological polar surface area (TPSA) is 73.6 Å². The fourth-order valence-corrected chi connectivity index (χ4v) is 2.83. The molecule has 4 rings (SSSR count). The average Bonchev–Trinajstić information content (AvgIpc) is 2.74. The van der Waals surface area contributed by atoms with Crippen LogP contribution in [0.2, 0.25) is 0 Å². The number of nitriles is 1. The van der Waals surface area contributed by atoms with Crippen LogP contribution in [0.25, 0.3) is 11.3 Å². The molecule has 0 unspecified atom stereocenters. The first-order valence-corrected chi connectivity index (χ1v) is 8.94. The van der Waals surface area contributed by atoms with Gasteiger partial charge in [0.2, 0.25) is 5.95 Å². The zero-order chi connectivity index (χ0) is 20.1. The van der Waals surface area contributed by atoms with Crippen molar-refractivity contribution in [2.75, 3.05) is 10.6 Å². The number of anilines is 4. The summed E-state index contributed by atoms with van der Waals surface area (Å²) in [4.78, 5) is 9.09. The van der Waals surface area contributed by atoms with E-state index in [2.05, 4.69) is 26.7 Å². The second-order valence-electron chi connectivity index (χ2n) is 6.28. The minimum atomic E-state index is -0.334. The van der Waals surface area contributed by atoms with E-state index in [4.69, 9.17) is 5.26 Å². The fraction of sp³-hybridized carbons (Fsp3) is 0. The zero-order valence-electron chi connectivity index (χ0n) is 15.3. The molecule has 0 saturated heterocycles. The summed E-state index contributed by atoms with van der Waals surface area (Å²) >= 11 is 0. The Hall–Kier alpha value is -4.24. The lowest BCUT2D eigenvalue weighted by atomic mass is 10.1. The minimum Gasteiger partial charge on any atom is -0.340 e. The fourth-order valence-electron chi connectivity index (χ4n) is 2.83. The van der Waals surface area contributed by atoms with Gasteiger partial charge >= 0.3 is 0 Å². The first kappa shape index (κ1) is 18.1. The number of hydrogen-bond donors (Lipinski definition) is 2. The summed E-state index contributed by atoms with van der Waals surface area (Å²) in [6.07, 6.45) is 0. The second-order valence-corrected chi connectivity index (χ2v) is 6.28. The second kappa shape index (κ2) is 8.19. The summed E-state index contributed by atoms with van der Waals surface area (Å²) in [5.41, 5.74) is 3.45. The van der Waals surface area contributed by atoms with Crippen LogP contribution < -0.4 is 10.6 Å². The maximum Gasteiger partial charge on any atom is 0.229 e. The summed E-state index contributed by atoms with van der Waals surface area (Å²) < 4.78 is 13.5. The van der Waals surface area contributed by atoms with Gasteiger partial charge < -0.3 is 10.6 Å². The Balaban J connectivity index is 1.72. The quantitative estimate of drug-likeness (QED) is 0.468. The van der Waals surface area contributed by atoms with Crippen LogP contribution in [-0.2, 0) is 0 Å². The van der Waals surface area contributed by atoms with Crippen molar-refractivity contribution in [3.63, 3.8) is 0 Å². The zero-order valence-corrected chi connectivity index (χ0v) is 15.3. The molecule has 1 heterocycles. The third-order valence-corrected chi connectivity index (χ3v) is 4.14. The van der Waals surface area contributed by atoms with Gasteiger partial charge in [0.1, 0.15) is 11.6 Å². The molecule has 2 N–H and O–H groups in total. The normalized spacial score (nSPS) is 10.2. The molecule has 5 nitrogen and oxygen atoms in total. The highest BCUT2D eigenvalue weighted by molar-refractivity contribution is 5.69. The van der Waals surface area contributed by atoms with E-state index in [0.29, 0.717) is 34.4 Å². The van der Waals surface area contributed by atoms with Crippen molar-refractivity contribution >= 4 is 23.1 Å². The molecule has 0 aliphatic heterocycles. The molecular formula is C23H16FN5. The molecule has 0 amide bonds. The van der Waals surface area contributed by atoms with E-state index in [1.54, 1.807) is 36.4 Å². The van der Waals surface area contributed by atoms with Crippen molar-refractivity contribution in [1.82, 2.24) is 9.97 Å².